The van der Waals surface area contributed by atoms with Gasteiger partial charge in [-0.25, -0.2) is 9.59 Å². The summed E-state index contributed by atoms with van der Waals surface area (Å²) in [4.78, 5) is 22.7. The molecule has 0 aromatic carbocycles. The summed E-state index contributed by atoms with van der Waals surface area (Å²) < 4.78 is 45.8. The third-order valence-electron chi connectivity index (χ3n) is 1.79. The van der Waals surface area contributed by atoms with E-state index in [1.54, 1.807) is 13.8 Å². The molecular formula is C11H15CuF3O5. The maximum absolute atomic E-state index is 12.3. The molecule has 0 unspecified atom stereocenters. The predicted octanol–water partition coefficient (Wildman–Crippen LogP) is 2.26. The first kappa shape index (κ1) is 21.1. The second kappa shape index (κ2) is 9.66. The minimum absolute atomic E-state index is 0. The summed E-state index contributed by atoms with van der Waals surface area (Å²) in [7, 11) is 0. The first-order chi connectivity index (χ1) is 8.75. The second-order valence-electron chi connectivity index (χ2n) is 3.49. The van der Waals surface area contributed by atoms with Crippen LogP contribution in [0.5, 0.6) is 0 Å². The molecule has 121 valence electrons. The van der Waals surface area contributed by atoms with Crippen LogP contribution in [0.3, 0.4) is 0 Å². The van der Waals surface area contributed by atoms with Gasteiger partial charge in [0.1, 0.15) is 0 Å². The van der Waals surface area contributed by atoms with Crippen molar-refractivity contribution >= 4 is 11.9 Å². The Bertz CT molecular complexity index is 344. The fourth-order valence-corrected chi connectivity index (χ4v) is 0.952. The van der Waals surface area contributed by atoms with E-state index >= 15 is 0 Å². The van der Waals surface area contributed by atoms with Gasteiger partial charge in [0, 0.05) is 17.1 Å². The molecule has 0 saturated heterocycles. The van der Waals surface area contributed by atoms with E-state index in [0.717, 1.165) is 0 Å². The number of alkyl halides is 3. The minimum Gasteiger partial charge on any atom is -0.503 e. The van der Waals surface area contributed by atoms with E-state index in [9.17, 15) is 22.8 Å². The van der Waals surface area contributed by atoms with Crippen LogP contribution < -0.4 is 0 Å². The topological polar surface area (TPSA) is 72.8 Å². The van der Waals surface area contributed by atoms with Crippen molar-refractivity contribution in [3.8, 4) is 0 Å². The molecule has 0 fully saturated rings. The second-order valence-corrected chi connectivity index (χ2v) is 3.49. The van der Waals surface area contributed by atoms with Gasteiger partial charge in [-0.1, -0.05) is 13.8 Å². The first-order valence-corrected chi connectivity index (χ1v) is 5.60. The van der Waals surface area contributed by atoms with E-state index in [0.29, 0.717) is 12.8 Å². The maximum Gasteiger partial charge on any atom is 0.449 e. The van der Waals surface area contributed by atoms with E-state index < -0.39 is 29.4 Å². The smallest absolute Gasteiger partial charge is 0.449 e. The van der Waals surface area contributed by atoms with Crippen LogP contribution in [-0.4, -0.2) is 36.4 Å². The Morgan fingerprint density at radius 2 is 1.35 bits per heavy atom. The zero-order valence-corrected chi connectivity index (χ0v) is 11.8. The molecule has 9 heteroatoms. The van der Waals surface area contributed by atoms with Gasteiger partial charge in [-0.2, -0.15) is 13.2 Å². The molecule has 5 nitrogen and oxygen atoms in total. The molecule has 0 rings (SSSR count). The van der Waals surface area contributed by atoms with E-state index in [2.05, 4.69) is 9.47 Å². The summed E-state index contributed by atoms with van der Waals surface area (Å²) in [5, 5.41) is 8.94. The van der Waals surface area contributed by atoms with Gasteiger partial charge in [-0.05, 0) is 12.8 Å². The molecule has 0 atom stereocenters. The Labute approximate surface area is 124 Å². The number of carbonyl (C=O) groups excluding carboxylic acids is 2. The van der Waals surface area contributed by atoms with E-state index in [1.165, 1.54) is 0 Å². The minimum atomic E-state index is -5.23. The van der Waals surface area contributed by atoms with E-state index in [4.69, 9.17) is 5.11 Å². The van der Waals surface area contributed by atoms with Crippen LogP contribution in [0.4, 0.5) is 13.2 Å². The Hall–Kier alpha value is -1.21. The monoisotopic (exact) mass is 347 g/mol. The molecular weight excluding hydrogens is 333 g/mol. The van der Waals surface area contributed by atoms with Gasteiger partial charge in [0.05, 0.1) is 13.2 Å². The van der Waals surface area contributed by atoms with Crippen molar-refractivity contribution in [3.05, 3.63) is 11.3 Å². The number of halogens is 3. The molecule has 0 aromatic heterocycles. The number of ether oxygens (including phenoxy) is 2. The van der Waals surface area contributed by atoms with Crippen LogP contribution in [0.25, 0.3) is 0 Å². The molecule has 0 aliphatic heterocycles. The number of allylic oxidation sites excluding steroid dienone is 1. The molecule has 0 aliphatic rings. The molecule has 0 bridgehead atoms. The summed E-state index contributed by atoms with van der Waals surface area (Å²) in [5.41, 5.74) is -1.53. The average Bonchev–Trinajstić information content (AvgIpc) is 2.32. The molecule has 0 heterocycles. The molecule has 0 aromatic rings. The number of aliphatic hydroxyl groups excluding tert-OH is 1. The van der Waals surface area contributed by atoms with Crippen LogP contribution in [0, 0.1) is 0 Å². The van der Waals surface area contributed by atoms with Crippen molar-refractivity contribution in [2.24, 2.45) is 0 Å². The van der Waals surface area contributed by atoms with Crippen LogP contribution in [0.2, 0.25) is 0 Å². The molecule has 0 aliphatic carbocycles. The molecule has 1 N–H and O–H groups in total. The van der Waals surface area contributed by atoms with Gasteiger partial charge in [0.2, 0.25) is 5.76 Å². The predicted molar refractivity (Wildman–Crippen MR) is 58.2 cm³/mol. The van der Waals surface area contributed by atoms with Gasteiger partial charge < -0.3 is 14.6 Å². The Balaban J connectivity index is 0. The third-order valence-corrected chi connectivity index (χ3v) is 1.79. The van der Waals surface area contributed by atoms with E-state index in [-0.39, 0.29) is 30.3 Å². The van der Waals surface area contributed by atoms with E-state index in [1.807, 2.05) is 0 Å². The summed E-state index contributed by atoms with van der Waals surface area (Å²) in [6, 6.07) is 0. The zero-order valence-electron chi connectivity index (χ0n) is 10.8. The van der Waals surface area contributed by atoms with Gasteiger partial charge in [-0.3, -0.25) is 0 Å². The van der Waals surface area contributed by atoms with Crippen LogP contribution in [-0.2, 0) is 36.1 Å². The average molecular weight is 348 g/mol. The number of hydrogen-bond acceptors (Lipinski definition) is 5. The molecule has 0 saturated carbocycles. The van der Waals surface area contributed by atoms with Crippen molar-refractivity contribution in [2.45, 2.75) is 32.9 Å². The van der Waals surface area contributed by atoms with Gasteiger partial charge in [0.15, 0.2) is 5.57 Å². The van der Waals surface area contributed by atoms with Crippen molar-refractivity contribution in [1.82, 2.24) is 0 Å². The van der Waals surface area contributed by atoms with Gasteiger partial charge >= 0.3 is 18.1 Å². The fourth-order valence-electron chi connectivity index (χ4n) is 0.952. The Morgan fingerprint density at radius 1 is 1.00 bits per heavy atom. The van der Waals surface area contributed by atoms with Gasteiger partial charge in [-0.15, -0.1) is 0 Å². The molecule has 20 heavy (non-hydrogen) atoms. The summed E-state index contributed by atoms with van der Waals surface area (Å²) in [6.45, 7) is 2.90. The summed E-state index contributed by atoms with van der Waals surface area (Å²) in [5.74, 6) is -5.43. The normalized spacial score (nSPS) is 10.2. The van der Waals surface area contributed by atoms with Crippen LogP contribution in [0.15, 0.2) is 11.3 Å². The van der Waals surface area contributed by atoms with Crippen LogP contribution >= 0.6 is 0 Å². The maximum atomic E-state index is 12.3. The van der Waals surface area contributed by atoms with Crippen molar-refractivity contribution < 1.29 is 54.4 Å². The zero-order chi connectivity index (χ0) is 15.1. The molecule has 0 spiro atoms. The number of carbonyl (C=O) groups is 2. The number of hydrogen-bond donors (Lipinski definition) is 1. The number of rotatable bonds is 6. The molecule has 0 amide bonds. The summed E-state index contributed by atoms with van der Waals surface area (Å²) in [6.07, 6.45) is -4.52. The first-order valence-electron chi connectivity index (χ1n) is 5.60. The molecule has 1 radical (unpaired) electrons. The third kappa shape index (κ3) is 6.81. The fraction of sp³-hybridized carbons (Fsp3) is 0.636. The van der Waals surface area contributed by atoms with Gasteiger partial charge in [0.25, 0.3) is 0 Å². The Kier molecular flexibility index (Phi) is 10.2. The van der Waals surface area contributed by atoms with Crippen LogP contribution in [0.1, 0.15) is 26.7 Å². The van der Waals surface area contributed by atoms with Crippen molar-refractivity contribution in [3.63, 3.8) is 0 Å². The quantitative estimate of drug-likeness (QED) is 0.199. The summed E-state index contributed by atoms with van der Waals surface area (Å²) >= 11 is 0. The SMILES string of the molecule is CCCOC(=O)C(C(=O)OCCC)=C(O)C(F)(F)F.[Cu]. The van der Waals surface area contributed by atoms with Crippen molar-refractivity contribution in [2.75, 3.05) is 13.2 Å². The number of aliphatic hydroxyl groups is 1. The largest absolute Gasteiger partial charge is 0.503 e. The standard InChI is InChI=1S/C11H15F3O5.Cu/c1-3-5-18-9(16)7(8(15)11(12,13)14)10(17)19-6-4-2;/h15H,3-6H2,1-2H3;. The Morgan fingerprint density at radius 3 is 1.60 bits per heavy atom. The van der Waals surface area contributed by atoms with Crippen molar-refractivity contribution in [1.29, 1.82) is 0 Å². The number of esters is 2.